The first-order chi connectivity index (χ1) is 9.65. The molecule has 0 fully saturated rings. The molecular weight excluding hydrogens is 322 g/mol. The molecule has 0 saturated heterocycles. The molecule has 2 aromatic heterocycles. The predicted molar refractivity (Wildman–Crippen MR) is 77.9 cm³/mol. The molecule has 0 aliphatic heterocycles. The number of halogens is 1. The number of aromatic nitrogens is 3. The molecule has 20 heavy (non-hydrogen) atoms. The molecule has 0 spiro atoms. The summed E-state index contributed by atoms with van der Waals surface area (Å²) in [7, 11) is 0. The van der Waals surface area contributed by atoms with Crippen LogP contribution in [-0.4, -0.2) is 20.0 Å². The number of nitrogens with zero attached hydrogens (tertiary/aromatic N) is 3. The Kier molecular flexibility index (Phi) is 3.23. The summed E-state index contributed by atoms with van der Waals surface area (Å²) in [5, 5.41) is 3.98. The number of rotatable bonds is 3. The Balaban J connectivity index is 1.93. The number of fused-ring (bicyclic) bond motifs is 1. The Morgan fingerprint density at radius 3 is 2.65 bits per heavy atom. The molecule has 3 rings (SSSR count). The van der Waals surface area contributed by atoms with E-state index in [1.165, 1.54) is 9.08 Å². The predicted octanol–water partition coefficient (Wildman–Crippen LogP) is 2.14. The fourth-order valence-electron chi connectivity index (χ4n) is 1.97. The van der Waals surface area contributed by atoms with E-state index in [2.05, 4.69) is 21.0 Å². The van der Waals surface area contributed by atoms with Gasteiger partial charge in [-0.1, -0.05) is 28.1 Å². The second kappa shape index (κ2) is 5.05. The zero-order valence-electron chi connectivity index (χ0n) is 10.4. The molecule has 100 valence electrons. The Hall–Kier alpha value is -2.21. The summed E-state index contributed by atoms with van der Waals surface area (Å²) in [6.07, 6.45) is 4.78. The molecule has 5 nitrogen and oxygen atoms in total. The van der Waals surface area contributed by atoms with Crippen LogP contribution in [0.1, 0.15) is 10.4 Å². The van der Waals surface area contributed by atoms with E-state index in [9.17, 15) is 9.59 Å². The summed E-state index contributed by atoms with van der Waals surface area (Å²) in [5.74, 6) is -0.108. The van der Waals surface area contributed by atoms with Crippen LogP contribution in [-0.2, 0) is 6.54 Å². The van der Waals surface area contributed by atoms with Crippen molar-refractivity contribution >= 4 is 27.2 Å². The molecule has 0 aliphatic carbocycles. The van der Waals surface area contributed by atoms with Crippen LogP contribution >= 0.6 is 15.9 Å². The zero-order chi connectivity index (χ0) is 14.1. The lowest BCUT2D eigenvalue weighted by Crippen LogP contribution is -2.25. The van der Waals surface area contributed by atoms with E-state index in [1.807, 2.05) is 0 Å². The van der Waals surface area contributed by atoms with Crippen molar-refractivity contribution in [2.45, 2.75) is 6.54 Å². The summed E-state index contributed by atoms with van der Waals surface area (Å²) >= 11 is 3.32. The highest BCUT2D eigenvalue weighted by Gasteiger charge is 2.09. The highest BCUT2D eigenvalue weighted by atomic mass is 79.9. The molecule has 0 unspecified atom stereocenters. The van der Waals surface area contributed by atoms with Crippen LogP contribution in [0.2, 0.25) is 0 Å². The average molecular weight is 332 g/mol. The minimum Gasteiger partial charge on any atom is -0.304 e. The Bertz CT molecular complexity index is 833. The number of hydrogen-bond donors (Lipinski definition) is 0. The lowest BCUT2D eigenvalue weighted by Gasteiger charge is -2.05. The van der Waals surface area contributed by atoms with Crippen LogP contribution in [0.3, 0.4) is 0 Å². The van der Waals surface area contributed by atoms with Gasteiger partial charge in [0.05, 0.1) is 12.7 Å². The van der Waals surface area contributed by atoms with E-state index in [4.69, 9.17) is 0 Å². The fourth-order valence-corrected chi connectivity index (χ4v) is 2.23. The summed E-state index contributed by atoms with van der Waals surface area (Å²) in [6.45, 7) is 0.0160. The first-order valence-corrected chi connectivity index (χ1v) is 6.76. The van der Waals surface area contributed by atoms with Gasteiger partial charge in [-0.15, -0.1) is 0 Å². The third-order valence-electron chi connectivity index (χ3n) is 3.02. The number of hydrogen-bond acceptors (Lipinski definition) is 3. The van der Waals surface area contributed by atoms with Crippen LogP contribution in [0.5, 0.6) is 0 Å². The minimum absolute atomic E-state index is 0.0160. The van der Waals surface area contributed by atoms with Crippen molar-refractivity contribution in [1.82, 2.24) is 14.2 Å². The molecule has 0 bridgehead atoms. The normalized spacial score (nSPS) is 10.8. The van der Waals surface area contributed by atoms with Crippen LogP contribution in [0.4, 0.5) is 0 Å². The van der Waals surface area contributed by atoms with E-state index in [0.29, 0.717) is 11.1 Å². The fraction of sp³-hybridized carbons (Fsp3) is 0.0714. The van der Waals surface area contributed by atoms with Crippen LogP contribution in [0.25, 0.3) is 5.52 Å². The first-order valence-electron chi connectivity index (χ1n) is 5.97. The van der Waals surface area contributed by atoms with E-state index in [0.717, 1.165) is 4.47 Å². The van der Waals surface area contributed by atoms with Gasteiger partial charge in [0.1, 0.15) is 5.52 Å². The highest BCUT2D eigenvalue weighted by Crippen LogP contribution is 2.11. The van der Waals surface area contributed by atoms with Crippen LogP contribution in [0.15, 0.2) is 58.2 Å². The topological polar surface area (TPSA) is 56.4 Å². The van der Waals surface area contributed by atoms with E-state index in [-0.39, 0.29) is 17.9 Å². The van der Waals surface area contributed by atoms with Gasteiger partial charge >= 0.3 is 0 Å². The second-order valence-corrected chi connectivity index (χ2v) is 5.24. The van der Waals surface area contributed by atoms with Gasteiger partial charge in [-0.3, -0.25) is 9.59 Å². The lowest BCUT2D eigenvalue weighted by molar-refractivity contribution is 0.0971. The molecule has 2 heterocycles. The molecule has 0 N–H and O–H groups in total. The highest BCUT2D eigenvalue weighted by molar-refractivity contribution is 9.10. The molecule has 3 aromatic rings. The second-order valence-electron chi connectivity index (χ2n) is 4.32. The van der Waals surface area contributed by atoms with Crippen molar-refractivity contribution in [3.63, 3.8) is 0 Å². The third kappa shape index (κ3) is 2.30. The molecule has 0 saturated carbocycles. The molecule has 1 aromatic carbocycles. The number of carbonyl (C=O) groups excluding carboxylic acids is 1. The summed E-state index contributed by atoms with van der Waals surface area (Å²) in [4.78, 5) is 24.3. The molecular formula is C14H10BrN3O2. The number of Topliss-reactive ketones (excluding diaryl/α,β-unsaturated/α-hetero) is 1. The molecule has 6 heteroatoms. The van der Waals surface area contributed by atoms with Gasteiger partial charge in [-0.05, 0) is 18.2 Å². The molecule has 0 atom stereocenters. The van der Waals surface area contributed by atoms with Gasteiger partial charge in [-0.25, -0.2) is 4.52 Å². The SMILES string of the molecule is O=C(Cn1ccn2nccc2c1=O)c1ccc(Br)cc1. The minimum atomic E-state index is -0.226. The summed E-state index contributed by atoms with van der Waals surface area (Å²) in [5.41, 5.74) is 0.806. The summed E-state index contributed by atoms with van der Waals surface area (Å²) in [6, 6.07) is 8.69. The number of benzene rings is 1. The maximum Gasteiger partial charge on any atom is 0.276 e. The Morgan fingerprint density at radius 1 is 1.15 bits per heavy atom. The average Bonchev–Trinajstić information content (AvgIpc) is 2.92. The van der Waals surface area contributed by atoms with Gasteiger partial charge in [0, 0.05) is 22.4 Å². The number of ketones is 1. The largest absolute Gasteiger partial charge is 0.304 e. The smallest absolute Gasteiger partial charge is 0.276 e. The summed E-state index contributed by atoms with van der Waals surface area (Å²) < 4.78 is 3.79. The van der Waals surface area contributed by atoms with Crippen molar-refractivity contribution in [3.8, 4) is 0 Å². The molecule has 0 radical (unpaired) electrons. The van der Waals surface area contributed by atoms with Crippen molar-refractivity contribution in [1.29, 1.82) is 0 Å². The van der Waals surface area contributed by atoms with Gasteiger partial charge in [0.15, 0.2) is 5.78 Å². The standard InChI is InChI=1S/C14H10BrN3O2/c15-11-3-1-10(2-4-11)13(19)9-17-7-8-18-12(14(17)20)5-6-16-18/h1-8H,9H2. The monoisotopic (exact) mass is 331 g/mol. The van der Waals surface area contributed by atoms with Crippen LogP contribution in [0, 0.1) is 0 Å². The van der Waals surface area contributed by atoms with Gasteiger partial charge in [0.25, 0.3) is 5.56 Å². The Labute approximate surface area is 122 Å². The molecule has 0 aliphatic rings. The van der Waals surface area contributed by atoms with Crippen molar-refractivity contribution in [2.75, 3.05) is 0 Å². The Morgan fingerprint density at radius 2 is 1.90 bits per heavy atom. The van der Waals surface area contributed by atoms with Gasteiger partial charge in [0.2, 0.25) is 0 Å². The van der Waals surface area contributed by atoms with Crippen molar-refractivity contribution in [2.24, 2.45) is 0 Å². The van der Waals surface area contributed by atoms with Gasteiger partial charge in [-0.2, -0.15) is 5.10 Å². The van der Waals surface area contributed by atoms with E-state index in [1.54, 1.807) is 48.9 Å². The van der Waals surface area contributed by atoms with E-state index >= 15 is 0 Å². The van der Waals surface area contributed by atoms with Gasteiger partial charge < -0.3 is 4.57 Å². The van der Waals surface area contributed by atoms with Crippen LogP contribution < -0.4 is 5.56 Å². The first kappa shape index (κ1) is 12.8. The lowest BCUT2D eigenvalue weighted by atomic mass is 10.1. The third-order valence-corrected chi connectivity index (χ3v) is 3.55. The zero-order valence-corrected chi connectivity index (χ0v) is 11.9. The van der Waals surface area contributed by atoms with Crippen molar-refractivity contribution < 1.29 is 4.79 Å². The maximum atomic E-state index is 12.2. The van der Waals surface area contributed by atoms with Crippen molar-refractivity contribution in [3.05, 3.63) is 69.3 Å². The van der Waals surface area contributed by atoms with E-state index < -0.39 is 0 Å². The quantitative estimate of drug-likeness (QED) is 0.691. The number of carbonyl (C=O) groups is 1. The maximum absolute atomic E-state index is 12.2. The molecule has 0 amide bonds.